The van der Waals surface area contributed by atoms with E-state index in [-0.39, 0.29) is 23.0 Å². The Morgan fingerprint density at radius 3 is 2.84 bits per heavy atom. The maximum Gasteiger partial charge on any atom is 0.242 e. The Balaban J connectivity index is 2.09. The molecule has 0 radical (unpaired) electrons. The Hall–Kier alpha value is -0.850. The summed E-state index contributed by atoms with van der Waals surface area (Å²) in [5.41, 5.74) is 0.698. The lowest BCUT2D eigenvalue weighted by molar-refractivity contribution is 0.212. The molecule has 1 aromatic heterocycles. The van der Waals surface area contributed by atoms with Gasteiger partial charge in [-0.3, -0.25) is 0 Å². The second kappa shape index (κ2) is 5.26. The first-order chi connectivity index (χ1) is 8.82. The minimum absolute atomic E-state index is 0.00114. The Labute approximate surface area is 114 Å². The second-order valence-electron chi connectivity index (χ2n) is 6.10. The van der Waals surface area contributed by atoms with Crippen molar-refractivity contribution in [1.82, 2.24) is 9.71 Å². The molecule has 1 saturated carbocycles. The molecular formula is C13H22N2O3S. The molecule has 1 unspecified atom stereocenters. The molecule has 2 rings (SSSR count). The lowest BCUT2D eigenvalue weighted by atomic mass is 9.75. The topological polar surface area (TPSA) is 82.2 Å². The van der Waals surface area contributed by atoms with E-state index >= 15 is 0 Å². The zero-order valence-electron chi connectivity index (χ0n) is 11.4. The largest absolute Gasteiger partial charge is 0.390 e. The summed E-state index contributed by atoms with van der Waals surface area (Å²) in [5.74, 6) is 0. The fourth-order valence-electron chi connectivity index (χ4n) is 2.75. The number of hydrogen-bond acceptors (Lipinski definition) is 3. The van der Waals surface area contributed by atoms with E-state index < -0.39 is 10.0 Å². The van der Waals surface area contributed by atoms with E-state index in [0.29, 0.717) is 5.69 Å². The van der Waals surface area contributed by atoms with Gasteiger partial charge in [0, 0.05) is 17.9 Å². The van der Waals surface area contributed by atoms with Gasteiger partial charge < -0.3 is 10.1 Å². The van der Waals surface area contributed by atoms with Crippen LogP contribution in [-0.2, 0) is 16.6 Å². The monoisotopic (exact) mass is 286 g/mol. The van der Waals surface area contributed by atoms with E-state index in [4.69, 9.17) is 5.11 Å². The van der Waals surface area contributed by atoms with Gasteiger partial charge in [-0.05, 0) is 30.7 Å². The number of aliphatic hydroxyl groups is 1. The van der Waals surface area contributed by atoms with Crippen LogP contribution in [0.2, 0.25) is 0 Å². The molecule has 0 aromatic carbocycles. The lowest BCUT2D eigenvalue weighted by Gasteiger charge is -2.35. The molecule has 0 bridgehead atoms. The van der Waals surface area contributed by atoms with Crippen LogP contribution < -0.4 is 4.72 Å². The average Bonchev–Trinajstić information content (AvgIpc) is 2.76. The van der Waals surface area contributed by atoms with Gasteiger partial charge in [-0.15, -0.1) is 0 Å². The summed E-state index contributed by atoms with van der Waals surface area (Å²) in [4.78, 5) is 2.94. The van der Waals surface area contributed by atoms with Crippen LogP contribution in [0.1, 0.15) is 45.2 Å². The minimum atomic E-state index is -3.49. The van der Waals surface area contributed by atoms with Gasteiger partial charge in [-0.1, -0.05) is 20.3 Å². The Morgan fingerprint density at radius 1 is 1.53 bits per heavy atom. The number of nitrogens with one attached hydrogen (secondary N) is 2. The van der Waals surface area contributed by atoms with Crippen molar-refractivity contribution < 1.29 is 13.5 Å². The molecule has 19 heavy (non-hydrogen) atoms. The van der Waals surface area contributed by atoms with Crippen LogP contribution >= 0.6 is 0 Å². The summed E-state index contributed by atoms with van der Waals surface area (Å²) in [7, 11) is -3.49. The van der Waals surface area contributed by atoms with Crippen LogP contribution in [-0.4, -0.2) is 24.6 Å². The van der Waals surface area contributed by atoms with E-state index in [1.807, 2.05) is 0 Å². The third kappa shape index (κ3) is 3.58. The smallest absolute Gasteiger partial charge is 0.242 e. The first-order valence-electron chi connectivity index (χ1n) is 6.63. The van der Waals surface area contributed by atoms with Crippen molar-refractivity contribution in [3.05, 3.63) is 18.0 Å². The number of hydrogen-bond donors (Lipinski definition) is 3. The van der Waals surface area contributed by atoms with Gasteiger partial charge in [0.2, 0.25) is 10.0 Å². The van der Waals surface area contributed by atoms with Crippen molar-refractivity contribution >= 4 is 10.0 Å². The Bertz CT molecular complexity index is 534. The normalized spacial score (nSPS) is 23.4. The molecular weight excluding hydrogens is 264 g/mol. The van der Waals surface area contributed by atoms with E-state index in [1.165, 1.54) is 12.3 Å². The number of aromatic nitrogens is 1. The molecule has 0 aliphatic heterocycles. The number of rotatable bonds is 4. The van der Waals surface area contributed by atoms with Gasteiger partial charge in [-0.25, -0.2) is 13.1 Å². The van der Waals surface area contributed by atoms with E-state index in [9.17, 15) is 8.42 Å². The summed E-state index contributed by atoms with van der Waals surface area (Å²) in [6.45, 7) is 4.16. The number of sulfonamides is 1. The molecule has 1 aromatic rings. The quantitative estimate of drug-likeness (QED) is 0.788. The molecule has 1 atom stereocenters. The zero-order chi connectivity index (χ0) is 14.1. The van der Waals surface area contributed by atoms with Crippen LogP contribution in [0.3, 0.4) is 0 Å². The van der Waals surface area contributed by atoms with Crippen molar-refractivity contribution in [2.24, 2.45) is 5.41 Å². The summed E-state index contributed by atoms with van der Waals surface area (Å²) in [6.07, 6.45) is 5.37. The van der Waals surface area contributed by atoms with Gasteiger partial charge >= 0.3 is 0 Å². The van der Waals surface area contributed by atoms with E-state index in [2.05, 4.69) is 23.6 Å². The van der Waals surface area contributed by atoms with Crippen LogP contribution in [0.15, 0.2) is 17.2 Å². The number of aromatic amines is 1. The first kappa shape index (κ1) is 14.6. The third-order valence-corrected chi connectivity index (χ3v) is 5.22. The van der Waals surface area contributed by atoms with Crippen molar-refractivity contribution in [2.45, 2.75) is 57.1 Å². The van der Waals surface area contributed by atoms with Crippen LogP contribution in [0.4, 0.5) is 0 Å². The van der Waals surface area contributed by atoms with Gasteiger partial charge in [0.05, 0.1) is 11.5 Å². The highest BCUT2D eigenvalue weighted by molar-refractivity contribution is 7.89. The predicted octanol–water partition coefficient (Wildman–Crippen LogP) is 1.75. The van der Waals surface area contributed by atoms with Crippen molar-refractivity contribution in [3.63, 3.8) is 0 Å². The summed E-state index contributed by atoms with van der Waals surface area (Å²) in [6, 6.07) is 1.47. The van der Waals surface area contributed by atoms with Crippen LogP contribution in [0.25, 0.3) is 0 Å². The first-order valence-corrected chi connectivity index (χ1v) is 8.11. The summed E-state index contributed by atoms with van der Waals surface area (Å²) >= 11 is 0. The highest BCUT2D eigenvalue weighted by Crippen LogP contribution is 2.35. The Kier molecular flexibility index (Phi) is 4.03. The molecule has 1 aliphatic rings. The van der Waals surface area contributed by atoms with E-state index in [1.54, 1.807) is 0 Å². The molecule has 3 N–H and O–H groups in total. The van der Waals surface area contributed by atoms with Gasteiger partial charge in [0.25, 0.3) is 0 Å². The molecule has 5 nitrogen and oxygen atoms in total. The molecule has 1 aliphatic carbocycles. The van der Waals surface area contributed by atoms with Gasteiger partial charge in [0.15, 0.2) is 0 Å². The standard InChI is InChI=1S/C13H22N2O3S/c1-13(2)5-3-4-10(7-13)15-19(17,18)12-6-11(9-16)14-8-12/h6,8,10,14-16H,3-5,7,9H2,1-2H3. The van der Waals surface area contributed by atoms with Gasteiger partial charge in [0.1, 0.15) is 0 Å². The number of H-pyrrole nitrogens is 1. The SMILES string of the molecule is CC1(C)CCCC(NS(=O)(=O)c2c[nH]c(CO)c2)C1. The molecule has 0 amide bonds. The highest BCUT2D eigenvalue weighted by atomic mass is 32.2. The van der Waals surface area contributed by atoms with E-state index in [0.717, 1.165) is 25.7 Å². The van der Waals surface area contributed by atoms with Gasteiger partial charge in [-0.2, -0.15) is 0 Å². The fourth-order valence-corrected chi connectivity index (χ4v) is 4.04. The maximum absolute atomic E-state index is 12.2. The number of aliphatic hydroxyl groups excluding tert-OH is 1. The van der Waals surface area contributed by atoms with Crippen molar-refractivity contribution in [3.8, 4) is 0 Å². The van der Waals surface area contributed by atoms with Crippen molar-refractivity contribution in [2.75, 3.05) is 0 Å². The summed E-state index contributed by atoms with van der Waals surface area (Å²) in [5, 5.41) is 8.96. The van der Waals surface area contributed by atoms with Crippen LogP contribution in [0, 0.1) is 5.41 Å². The van der Waals surface area contributed by atoms with Crippen LogP contribution in [0.5, 0.6) is 0 Å². The molecule has 0 spiro atoms. The highest BCUT2D eigenvalue weighted by Gasteiger charge is 2.31. The zero-order valence-corrected chi connectivity index (χ0v) is 12.3. The molecule has 0 saturated heterocycles. The molecule has 6 heteroatoms. The van der Waals surface area contributed by atoms with Crippen molar-refractivity contribution in [1.29, 1.82) is 0 Å². The fraction of sp³-hybridized carbons (Fsp3) is 0.692. The lowest BCUT2D eigenvalue weighted by Crippen LogP contribution is -2.40. The predicted molar refractivity (Wildman–Crippen MR) is 73.1 cm³/mol. The molecule has 108 valence electrons. The minimum Gasteiger partial charge on any atom is -0.390 e. The summed E-state index contributed by atoms with van der Waals surface area (Å²) < 4.78 is 27.2. The Morgan fingerprint density at radius 2 is 2.26 bits per heavy atom. The third-order valence-electron chi connectivity index (χ3n) is 3.72. The second-order valence-corrected chi connectivity index (χ2v) is 7.81. The average molecular weight is 286 g/mol. The maximum atomic E-state index is 12.2. The molecule has 1 fully saturated rings. The molecule has 1 heterocycles.